The highest BCUT2D eigenvalue weighted by atomic mass is 19.1. The second-order valence-electron chi connectivity index (χ2n) is 8.03. The van der Waals surface area contributed by atoms with Gasteiger partial charge in [-0.25, -0.2) is 8.78 Å². The molecular weight excluding hydrogens is 376 g/mol. The lowest BCUT2D eigenvalue weighted by Crippen LogP contribution is -2.50. The number of piperidine rings is 1. The maximum atomic E-state index is 14.0. The number of hydrogen-bond acceptors (Lipinski definition) is 3. The molecule has 3 rings (SSSR count). The number of likely N-dealkylation sites (tertiary alicyclic amines) is 1. The van der Waals surface area contributed by atoms with E-state index in [9.17, 15) is 13.6 Å². The summed E-state index contributed by atoms with van der Waals surface area (Å²) in [6, 6.07) is 4.25. The van der Waals surface area contributed by atoms with E-state index < -0.39 is 11.6 Å². The highest BCUT2D eigenvalue weighted by Crippen LogP contribution is 2.43. The van der Waals surface area contributed by atoms with Crippen LogP contribution in [-0.2, 0) is 4.79 Å². The number of aliphatic imine (C=N–C) groups is 1. The molecule has 2 unspecified atom stereocenters. The smallest absolute Gasteiger partial charge is 0.236 e. The highest BCUT2D eigenvalue weighted by molar-refractivity contribution is 5.81. The van der Waals surface area contributed by atoms with Gasteiger partial charge in [-0.3, -0.25) is 14.7 Å². The van der Waals surface area contributed by atoms with Crippen LogP contribution in [0.25, 0.3) is 0 Å². The normalized spacial score (nSPS) is 23.0. The molecule has 160 valence electrons. The lowest BCUT2D eigenvalue weighted by atomic mass is 10.1. The van der Waals surface area contributed by atoms with Crippen molar-refractivity contribution >= 4 is 11.9 Å². The van der Waals surface area contributed by atoms with Gasteiger partial charge in [-0.05, 0) is 38.3 Å². The summed E-state index contributed by atoms with van der Waals surface area (Å²) in [6.07, 6.45) is 2.52. The molecule has 2 aliphatic rings. The van der Waals surface area contributed by atoms with E-state index in [0.717, 1.165) is 25.9 Å². The zero-order valence-electron chi connectivity index (χ0n) is 17.4. The van der Waals surface area contributed by atoms with Gasteiger partial charge in [0.1, 0.15) is 11.6 Å². The number of carbonyl (C=O) groups is 1. The third-order valence-electron chi connectivity index (χ3n) is 5.59. The fourth-order valence-corrected chi connectivity index (χ4v) is 3.77. The van der Waals surface area contributed by atoms with E-state index >= 15 is 0 Å². The second kappa shape index (κ2) is 9.52. The standard InChI is InChI=1S/C21H31F2N5O/c1-4-24-21(25-14-8-10-28(11-9-14)13-19(29)27(2)3)26-18-12-15(18)20-16(22)6-5-7-17(20)23/h5-7,14-15,18H,4,8-13H2,1-3H3,(H2,24,25,26). The number of benzene rings is 1. The molecule has 1 amide bonds. The maximum Gasteiger partial charge on any atom is 0.236 e. The quantitative estimate of drug-likeness (QED) is 0.559. The zero-order chi connectivity index (χ0) is 21.0. The largest absolute Gasteiger partial charge is 0.354 e. The van der Waals surface area contributed by atoms with Crippen molar-refractivity contribution in [3.8, 4) is 0 Å². The molecule has 1 aliphatic heterocycles. The van der Waals surface area contributed by atoms with Gasteiger partial charge < -0.3 is 15.5 Å². The first-order valence-electron chi connectivity index (χ1n) is 10.3. The summed E-state index contributed by atoms with van der Waals surface area (Å²) in [7, 11) is 3.54. The van der Waals surface area contributed by atoms with Crippen LogP contribution in [0.5, 0.6) is 0 Å². The van der Waals surface area contributed by atoms with Gasteiger partial charge in [0, 0.05) is 57.3 Å². The van der Waals surface area contributed by atoms with Gasteiger partial charge in [0.05, 0.1) is 6.54 Å². The number of nitrogens with one attached hydrogen (secondary N) is 2. The highest BCUT2D eigenvalue weighted by Gasteiger charge is 2.42. The number of amides is 1. The first kappa shape index (κ1) is 21.5. The second-order valence-corrected chi connectivity index (χ2v) is 8.03. The van der Waals surface area contributed by atoms with Crippen molar-refractivity contribution in [2.45, 2.75) is 44.2 Å². The molecule has 1 heterocycles. The Balaban J connectivity index is 1.50. The van der Waals surface area contributed by atoms with E-state index in [-0.39, 0.29) is 29.5 Å². The average Bonchev–Trinajstić information content (AvgIpc) is 3.41. The number of hydrogen-bond donors (Lipinski definition) is 2. The van der Waals surface area contributed by atoms with Gasteiger partial charge in [-0.15, -0.1) is 0 Å². The van der Waals surface area contributed by atoms with Crippen LogP contribution in [0.2, 0.25) is 0 Å². The minimum Gasteiger partial charge on any atom is -0.354 e. The first-order valence-corrected chi connectivity index (χ1v) is 10.3. The monoisotopic (exact) mass is 407 g/mol. The Labute approximate surface area is 171 Å². The van der Waals surface area contributed by atoms with Crippen LogP contribution < -0.4 is 10.6 Å². The van der Waals surface area contributed by atoms with Crippen molar-refractivity contribution in [3.05, 3.63) is 35.4 Å². The first-order chi connectivity index (χ1) is 13.9. The molecule has 0 bridgehead atoms. The van der Waals surface area contributed by atoms with Gasteiger partial charge in [0.15, 0.2) is 5.96 Å². The summed E-state index contributed by atoms with van der Waals surface area (Å²) in [5.41, 5.74) is 0.166. The molecule has 2 fully saturated rings. The summed E-state index contributed by atoms with van der Waals surface area (Å²) in [4.78, 5) is 20.1. The van der Waals surface area contributed by atoms with E-state index in [4.69, 9.17) is 0 Å². The Hall–Kier alpha value is -2.22. The molecule has 0 radical (unpaired) electrons. The predicted molar refractivity (Wildman–Crippen MR) is 110 cm³/mol. The number of halogens is 2. The molecule has 2 atom stereocenters. The van der Waals surface area contributed by atoms with Crippen LogP contribution in [0.1, 0.15) is 37.7 Å². The van der Waals surface area contributed by atoms with Gasteiger partial charge in [0.2, 0.25) is 5.91 Å². The van der Waals surface area contributed by atoms with Gasteiger partial charge >= 0.3 is 0 Å². The van der Waals surface area contributed by atoms with Gasteiger partial charge in [-0.2, -0.15) is 0 Å². The fraction of sp³-hybridized carbons (Fsp3) is 0.619. The summed E-state index contributed by atoms with van der Waals surface area (Å²) < 4.78 is 28.0. The third-order valence-corrected chi connectivity index (χ3v) is 5.59. The predicted octanol–water partition coefficient (Wildman–Crippen LogP) is 1.93. The molecule has 29 heavy (non-hydrogen) atoms. The number of guanidine groups is 1. The van der Waals surface area contributed by atoms with Crippen molar-refractivity contribution in [2.24, 2.45) is 4.99 Å². The van der Waals surface area contributed by atoms with Crippen LogP contribution in [0.15, 0.2) is 23.2 Å². The van der Waals surface area contributed by atoms with Crippen molar-refractivity contribution in [1.29, 1.82) is 0 Å². The fourth-order valence-electron chi connectivity index (χ4n) is 3.77. The maximum absolute atomic E-state index is 14.0. The molecule has 0 aromatic heterocycles. The van der Waals surface area contributed by atoms with E-state index in [2.05, 4.69) is 20.5 Å². The lowest BCUT2D eigenvalue weighted by molar-refractivity contribution is -0.130. The van der Waals surface area contributed by atoms with Crippen molar-refractivity contribution in [3.63, 3.8) is 0 Å². The Kier molecular flexibility index (Phi) is 7.05. The van der Waals surface area contributed by atoms with Gasteiger partial charge in [-0.1, -0.05) is 6.07 Å². The SMILES string of the molecule is CCN=C(NC1CCN(CC(=O)N(C)C)CC1)NC1CC1c1c(F)cccc1F. The molecule has 6 nitrogen and oxygen atoms in total. The molecule has 1 aromatic carbocycles. The Morgan fingerprint density at radius 1 is 1.21 bits per heavy atom. The molecule has 8 heteroatoms. The van der Waals surface area contributed by atoms with Crippen LogP contribution in [0.3, 0.4) is 0 Å². The summed E-state index contributed by atoms with van der Waals surface area (Å²) in [5.74, 6) is -0.327. The Morgan fingerprint density at radius 2 is 1.86 bits per heavy atom. The van der Waals surface area contributed by atoms with Crippen LogP contribution in [0.4, 0.5) is 8.78 Å². The summed E-state index contributed by atoms with van der Waals surface area (Å²) in [6.45, 7) is 4.73. The van der Waals surface area contributed by atoms with Crippen LogP contribution >= 0.6 is 0 Å². The minimum atomic E-state index is -0.485. The van der Waals surface area contributed by atoms with Crippen LogP contribution in [-0.4, -0.2) is 74.0 Å². The summed E-state index contributed by atoms with van der Waals surface area (Å²) in [5, 5.41) is 6.79. The molecule has 1 aromatic rings. The van der Waals surface area contributed by atoms with Gasteiger partial charge in [0.25, 0.3) is 0 Å². The van der Waals surface area contributed by atoms with E-state index in [0.29, 0.717) is 25.5 Å². The lowest BCUT2D eigenvalue weighted by Gasteiger charge is -2.33. The van der Waals surface area contributed by atoms with Crippen molar-refractivity contribution < 1.29 is 13.6 Å². The molecule has 0 spiro atoms. The van der Waals surface area contributed by atoms with E-state index in [1.54, 1.807) is 19.0 Å². The average molecular weight is 408 g/mol. The van der Waals surface area contributed by atoms with E-state index in [1.165, 1.54) is 18.2 Å². The van der Waals surface area contributed by atoms with Crippen molar-refractivity contribution in [1.82, 2.24) is 20.4 Å². The Bertz CT molecular complexity index is 726. The molecule has 1 saturated heterocycles. The number of carbonyl (C=O) groups excluding carboxylic acids is 1. The molecular formula is C21H31F2N5O. The molecule has 2 N–H and O–H groups in total. The third kappa shape index (κ3) is 5.65. The zero-order valence-corrected chi connectivity index (χ0v) is 17.4. The topological polar surface area (TPSA) is 60.0 Å². The van der Waals surface area contributed by atoms with Crippen molar-refractivity contribution in [2.75, 3.05) is 40.3 Å². The minimum absolute atomic E-state index is 0.0167. The number of likely N-dealkylation sites (N-methyl/N-ethyl adjacent to an activating group) is 1. The summed E-state index contributed by atoms with van der Waals surface area (Å²) >= 11 is 0. The van der Waals surface area contributed by atoms with Crippen LogP contribution in [0, 0.1) is 11.6 Å². The number of rotatable bonds is 6. The number of nitrogens with zero attached hydrogens (tertiary/aromatic N) is 3. The molecule has 1 saturated carbocycles. The van der Waals surface area contributed by atoms with E-state index in [1.807, 2.05) is 6.92 Å². The Morgan fingerprint density at radius 3 is 2.45 bits per heavy atom. The molecule has 1 aliphatic carbocycles.